The number of nitrogens with zero attached hydrogens (tertiary/aromatic N) is 5. The van der Waals surface area contributed by atoms with Crippen molar-refractivity contribution < 1.29 is 4.79 Å². The maximum absolute atomic E-state index is 12.6. The number of aryl methyl sites for hydroxylation is 1. The van der Waals surface area contributed by atoms with Gasteiger partial charge in [-0.25, -0.2) is 9.67 Å². The fourth-order valence-corrected chi connectivity index (χ4v) is 4.05. The summed E-state index contributed by atoms with van der Waals surface area (Å²) >= 11 is 1.67. The molecule has 0 spiro atoms. The number of rotatable bonds is 4. The lowest BCUT2D eigenvalue weighted by Crippen LogP contribution is -2.48. The fourth-order valence-electron chi connectivity index (χ4n) is 3.20. The highest BCUT2D eigenvalue weighted by atomic mass is 32.1. The number of hydrogen-bond donors (Lipinski definition) is 0. The van der Waals surface area contributed by atoms with E-state index in [1.807, 2.05) is 18.2 Å². The minimum atomic E-state index is -0.223. The van der Waals surface area contributed by atoms with E-state index >= 15 is 0 Å². The molecular formula is C20H21N5O2S. The molecule has 0 unspecified atom stereocenters. The van der Waals surface area contributed by atoms with Gasteiger partial charge in [-0.3, -0.25) is 14.5 Å². The summed E-state index contributed by atoms with van der Waals surface area (Å²) in [5.74, 6) is -0.129. The second-order valence-corrected chi connectivity index (χ2v) is 7.68. The number of carbonyl (C=O) groups is 1. The predicted molar refractivity (Wildman–Crippen MR) is 108 cm³/mol. The lowest BCUT2D eigenvalue weighted by molar-refractivity contribution is 0.0620. The van der Waals surface area contributed by atoms with Crippen LogP contribution < -0.4 is 5.56 Å². The molecule has 0 bridgehead atoms. The Labute approximate surface area is 166 Å². The van der Waals surface area contributed by atoms with Gasteiger partial charge in [0, 0.05) is 50.2 Å². The number of thiazole rings is 1. The molecule has 1 aliphatic rings. The molecule has 0 atom stereocenters. The molecule has 0 aliphatic carbocycles. The van der Waals surface area contributed by atoms with Crippen molar-refractivity contribution in [2.75, 3.05) is 26.2 Å². The smallest absolute Gasteiger partial charge is 0.274 e. The molecule has 1 fully saturated rings. The van der Waals surface area contributed by atoms with Crippen molar-refractivity contribution in [3.63, 3.8) is 0 Å². The van der Waals surface area contributed by atoms with Gasteiger partial charge in [0.05, 0.1) is 12.2 Å². The summed E-state index contributed by atoms with van der Waals surface area (Å²) in [6, 6.07) is 13.0. The summed E-state index contributed by atoms with van der Waals surface area (Å²) in [7, 11) is 1.55. The highest BCUT2D eigenvalue weighted by Crippen LogP contribution is 2.22. The normalized spacial score (nSPS) is 15.0. The van der Waals surface area contributed by atoms with Crippen LogP contribution in [0.25, 0.3) is 11.3 Å². The minimum absolute atomic E-state index is 0.129. The minimum Gasteiger partial charge on any atom is -0.335 e. The van der Waals surface area contributed by atoms with E-state index in [1.54, 1.807) is 23.3 Å². The molecule has 3 aromatic rings. The zero-order valence-corrected chi connectivity index (χ0v) is 16.4. The Kier molecular flexibility index (Phi) is 5.31. The van der Waals surface area contributed by atoms with E-state index in [0.717, 1.165) is 35.9 Å². The van der Waals surface area contributed by atoms with Crippen molar-refractivity contribution in [1.29, 1.82) is 0 Å². The lowest BCUT2D eigenvalue weighted by Gasteiger charge is -2.34. The van der Waals surface area contributed by atoms with Crippen molar-refractivity contribution in [3.8, 4) is 11.3 Å². The predicted octanol–water partition coefficient (Wildman–Crippen LogP) is 1.86. The first-order valence-electron chi connectivity index (χ1n) is 9.16. The van der Waals surface area contributed by atoms with Gasteiger partial charge in [-0.15, -0.1) is 11.3 Å². The van der Waals surface area contributed by atoms with Crippen LogP contribution in [0.1, 0.15) is 15.5 Å². The van der Waals surface area contributed by atoms with Gasteiger partial charge in [0.1, 0.15) is 10.7 Å². The third kappa shape index (κ3) is 4.02. The van der Waals surface area contributed by atoms with Gasteiger partial charge < -0.3 is 4.90 Å². The Morgan fingerprint density at radius 2 is 1.82 bits per heavy atom. The SMILES string of the molecule is Cn1nc(C(=O)N2CCN(Cc3nc(-c4ccccc4)cs3)CC2)ccc1=O. The zero-order chi connectivity index (χ0) is 19.5. The lowest BCUT2D eigenvalue weighted by atomic mass is 10.2. The van der Waals surface area contributed by atoms with Crippen molar-refractivity contribution in [2.45, 2.75) is 6.54 Å². The summed E-state index contributed by atoms with van der Waals surface area (Å²) < 4.78 is 1.19. The summed E-state index contributed by atoms with van der Waals surface area (Å²) in [5, 5.41) is 7.23. The highest BCUT2D eigenvalue weighted by molar-refractivity contribution is 7.09. The largest absolute Gasteiger partial charge is 0.335 e. The third-order valence-electron chi connectivity index (χ3n) is 4.82. The van der Waals surface area contributed by atoms with Crippen LogP contribution in [0.4, 0.5) is 0 Å². The Balaban J connectivity index is 1.34. The number of piperazine rings is 1. The molecule has 1 amide bonds. The van der Waals surface area contributed by atoms with Gasteiger partial charge in [-0.1, -0.05) is 30.3 Å². The van der Waals surface area contributed by atoms with Crippen LogP contribution >= 0.6 is 11.3 Å². The monoisotopic (exact) mass is 395 g/mol. The van der Waals surface area contributed by atoms with Crippen molar-refractivity contribution in [2.24, 2.45) is 7.05 Å². The first kappa shape index (κ1) is 18.5. The molecule has 7 nitrogen and oxygen atoms in total. The Bertz CT molecular complexity index is 1020. The topological polar surface area (TPSA) is 71.3 Å². The summed E-state index contributed by atoms with van der Waals surface area (Å²) in [6.07, 6.45) is 0. The number of carbonyl (C=O) groups excluding carboxylic acids is 1. The molecule has 8 heteroatoms. The highest BCUT2D eigenvalue weighted by Gasteiger charge is 2.24. The maximum atomic E-state index is 12.6. The average molecular weight is 395 g/mol. The van der Waals surface area contributed by atoms with Gasteiger partial charge in [-0.2, -0.15) is 5.10 Å². The van der Waals surface area contributed by atoms with Gasteiger partial charge in [0.2, 0.25) is 0 Å². The maximum Gasteiger partial charge on any atom is 0.274 e. The Hall–Kier alpha value is -2.84. The molecular weight excluding hydrogens is 374 g/mol. The van der Waals surface area contributed by atoms with E-state index in [1.165, 1.54) is 16.8 Å². The first-order chi connectivity index (χ1) is 13.6. The van der Waals surface area contributed by atoms with Crippen LogP contribution in [-0.4, -0.2) is 56.7 Å². The van der Waals surface area contributed by atoms with Crippen molar-refractivity contribution >= 4 is 17.2 Å². The van der Waals surface area contributed by atoms with Gasteiger partial charge >= 0.3 is 0 Å². The third-order valence-corrected chi connectivity index (χ3v) is 5.65. The molecule has 3 heterocycles. The van der Waals surface area contributed by atoms with E-state index in [2.05, 4.69) is 27.5 Å². The number of benzene rings is 1. The molecule has 0 N–H and O–H groups in total. The van der Waals surface area contributed by atoms with Crippen LogP contribution in [0.2, 0.25) is 0 Å². The van der Waals surface area contributed by atoms with Crippen LogP contribution in [0, 0.1) is 0 Å². The fraction of sp³-hybridized carbons (Fsp3) is 0.300. The quantitative estimate of drug-likeness (QED) is 0.674. The Morgan fingerprint density at radius 1 is 1.07 bits per heavy atom. The number of aromatic nitrogens is 3. The van der Waals surface area contributed by atoms with Crippen LogP contribution in [0.5, 0.6) is 0 Å². The van der Waals surface area contributed by atoms with Crippen molar-refractivity contribution in [3.05, 3.63) is 68.9 Å². The second-order valence-electron chi connectivity index (χ2n) is 6.74. The van der Waals surface area contributed by atoms with Crippen molar-refractivity contribution in [1.82, 2.24) is 24.6 Å². The van der Waals surface area contributed by atoms with E-state index in [9.17, 15) is 9.59 Å². The molecule has 2 aromatic heterocycles. The molecule has 4 rings (SSSR count). The molecule has 0 radical (unpaired) electrons. The average Bonchev–Trinajstić information content (AvgIpc) is 3.19. The molecule has 1 aromatic carbocycles. The van der Waals surface area contributed by atoms with Gasteiger partial charge in [0.25, 0.3) is 11.5 Å². The summed E-state index contributed by atoms with van der Waals surface area (Å²) in [6.45, 7) is 3.65. The Morgan fingerprint density at radius 3 is 2.54 bits per heavy atom. The van der Waals surface area contributed by atoms with E-state index in [4.69, 9.17) is 4.98 Å². The van der Waals surface area contributed by atoms with E-state index < -0.39 is 0 Å². The van der Waals surface area contributed by atoms with Gasteiger partial charge in [-0.05, 0) is 6.07 Å². The number of hydrogen-bond acceptors (Lipinski definition) is 6. The standard InChI is InChI=1S/C20H21N5O2S/c1-23-19(26)8-7-16(22-23)20(27)25-11-9-24(10-12-25)13-18-21-17(14-28-18)15-5-3-2-4-6-15/h2-8,14H,9-13H2,1H3. The molecule has 144 valence electrons. The molecule has 0 saturated carbocycles. The van der Waals surface area contributed by atoms with Crippen LogP contribution in [-0.2, 0) is 13.6 Å². The summed E-state index contributed by atoms with van der Waals surface area (Å²) in [4.78, 5) is 32.9. The molecule has 28 heavy (non-hydrogen) atoms. The zero-order valence-electron chi connectivity index (χ0n) is 15.6. The van der Waals surface area contributed by atoms with Crippen LogP contribution in [0.15, 0.2) is 52.6 Å². The molecule has 1 aliphatic heterocycles. The van der Waals surface area contributed by atoms with E-state index in [-0.39, 0.29) is 11.5 Å². The summed E-state index contributed by atoms with van der Waals surface area (Å²) in [5.41, 5.74) is 2.23. The van der Waals surface area contributed by atoms with Crippen LogP contribution in [0.3, 0.4) is 0 Å². The van der Waals surface area contributed by atoms with E-state index in [0.29, 0.717) is 18.8 Å². The second kappa shape index (κ2) is 8.04. The number of amides is 1. The van der Waals surface area contributed by atoms with Gasteiger partial charge in [0.15, 0.2) is 0 Å². The first-order valence-corrected chi connectivity index (χ1v) is 10.0. The molecule has 1 saturated heterocycles.